The van der Waals surface area contributed by atoms with Crippen molar-refractivity contribution >= 4 is 17.4 Å². The van der Waals surface area contributed by atoms with Crippen LogP contribution in [-0.4, -0.2) is 30.1 Å². The molecule has 7 heteroatoms. The smallest absolute Gasteiger partial charge is 0.253 e. The Bertz CT molecular complexity index is 899. The number of aromatic nitrogens is 2. The van der Waals surface area contributed by atoms with Gasteiger partial charge >= 0.3 is 0 Å². The fraction of sp³-hybridized carbons (Fsp3) is 0.150. The zero-order valence-corrected chi connectivity index (χ0v) is 15.1. The van der Waals surface area contributed by atoms with Crippen molar-refractivity contribution in [3.8, 4) is 11.5 Å². The normalized spacial score (nSPS) is 10.1. The van der Waals surface area contributed by atoms with Gasteiger partial charge in [0.15, 0.2) is 0 Å². The second-order valence-corrected chi connectivity index (χ2v) is 5.67. The van der Waals surface area contributed by atoms with Crippen molar-refractivity contribution in [2.24, 2.45) is 0 Å². The van der Waals surface area contributed by atoms with E-state index in [1.54, 1.807) is 44.8 Å². The van der Waals surface area contributed by atoms with Gasteiger partial charge in [-0.05, 0) is 35.9 Å². The molecule has 0 aliphatic rings. The fourth-order valence-corrected chi connectivity index (χ4v) is 2.43. The average molecular weight is 364 g/mol. The summed E-state index contributed by atoms with van der Waals surface area (Å²) in [6.07, 6.45) is 4.93. The molecule has 1 amide bonds. The third-order valence-electron chi connectivity index (χ3n) is 3.87. The van der Waals surface area contributed by atoms with E-state index in [0.29, 0.717) is 29.4 Å². The maximum absolute atomic E-state index is 12.2. The van der Waals surface area contributed by atoms with E-state index < -0.39 is 0 Å². The number of rotatable bonds is 7. The molecule has 3 rings (SSSR count). The minimum absolute atomic E-state index is 0.195. The lowest BCUT2D eigenvalue weighted by Crippen LogP contribution is -2.22. The van der Waals surface area contributed by atoms with Crippen LogP contribution in [0.3, 0.4) is 0 Å². The predicted octanol–water partition coefficient (Wildman–Crippen LogP) is 3.17. The van der Waals surface area contributed by atoms with Gasteiger partial charge in [-0.3, -0.25) is 9.78 Å². The van der Waals surface area contributed by atoms with Crippen molar-refractivity contribution in [1.29, 1.82) is 0 Å². The molecule has 0 saturated heterocycles. The Balaban J connectivity index is 1.64. The van der Waals surface area contributed by atoms with Gasteiger partial charge in [-0.15, -0.1) is 0 Å². The van der Waals surface area contributed by atoms with E-state index >= 15 is 0 Å². The first-order valence-corrected chi connectivity index (χ1v) is 8.32. The van der Waals surface area contributed by atoms with E-state index in [-0.39, 0.29) is 5.91 Å². The standard InChI is InChI=1S/C20H20N4O3/c1-26-16-6-7-17(18(10-16)27-2)24-19-8-5-15(13-22-19)20(25)23-12-14-4-3-9-21-11-14/h3-11,13H,12H2,1-2H3,(H,22,24)(H,23,25). The van der Waals surface area contributed by atoms with Crippen molar-refractivity contribution in [1.82, 2.24) is 15.3 Å². The molecule has 0 saturated carbocycles. The fourth-order valence-electron chi connectivity index (χ4n) is 2.43. The predicted molar refractivity (Wildman–Crippen MR) is 102 cm³/mol. The van der Waals surface area contributed by atoms with Gasteiger partial charge in [0.25, 0.3) is 5.91 Å². The number of carbonyl (C=O) groups excluding carboxylic acids is 1. The van der Waals surface area contributed by atoms with Crippen LogP contribution in [0.15, 0.2) is 61.1 Å². The molecule has 0 atom stereocenters. The highest BCUT2D eigenvalue weighted by molar-refractivity contribution is 5.94. The number of hydrogen-bond donors (Lipinski definition) is 2. The quantitative estimate of drug-likeness (QED) is 0.670. The number of carbonyl (C=O) groups is 1. The molecule has 0 aliphatic heterocycles. The second kappa shape index (κ2) is 8.66. The lowest BCUT2D eigenvalue weighted by Gasteiger charge is -2.12. The van der Waals surface area contributed by atoms with Gasteiger partial charge in [-0.25, -0.2) is 4.98 Å². The van der Waals surface area contributed by atoms with Crippen LogP contribution in [0, 0.1) is 0 Å². The molecule has 1 aromatic carbocycles. The van der Waals surface area contributed by atoms with Crippen LogP contribution in [0.4, 0.5) is 11.5 Å². The molecule has 2 heterocycles. The largest absolute Gasteiger partial charge is 0.497 e. The number of benzene rings is 1. The zero-order chi connectivity index (χ0) is 19.1. The summed E-state index contributed by atoms with van der Waals surface area (Å²) >= 11 is 0. The molecule has 2 N–H and O–H groups in total. The molecular weight excluding hydrogens is 344 g/mol. The second-order valence-electron chi connectivity index (χ2n) is 5.67. The highest BCUT2D eigenvalue weighted by Crippen LogP contribution is 2.30. The molecule has 2 aromatic heterocycles. The van der Waals surface area contributed by atoms with Crippen LogP contribution < -0.4 is 20.1 Å². The van der Waals surface area contributed by atoms with Crippen molar-refractivity contribution < 1.29 is 14.3 Å². The highest BCUT2D eigenvalue weighted by Gasteiger charge is 2.09. The van der Waals surface area contributed by atoms with Crippen LogP contribution in [0.5, 0.6) is 11.5 Å². The van der Waals surface area contributed by atoms with Crippen LogP contribution in [-0.2, 0) is 6.54 Å². The average Bonchev–Trinajstić information content (AvgIpc) is 2.73. The van der Waals surface area contributed by atoms with Crippen LogP contribution >= 0.6 is 0 Å². The molecule has 0 bridgehead atoms. The van der Waals surface area contributed by atoms with Crippen LogP contribution in [0.1, 0.15) is 15.9 Å². The summed E-state index contributed by atoms with van der Waals surface area (Å²) in [6.45, 7) is 0.412. The molecule has 7 nitrogen and oxygen atoms in total. The topological polar surface area (TPSA) is 85.4 Å². The minimum atomic E-state index is -0.195. The molecule has 0 unspecified atom stereocenters. The molecular formula is C20H20N4O3. The van der Waals surface area contributed by atoms with Gasteiger partial charge in [0, 0.05) is 31.2 Å². The number of ether oxygens (including phenoxy) is 2. The SMILES string of the molecule is COc1ccc(Nc2ccc(C(=O)NCc3cccnc3)cn2)c(OC)c1. The van der Waals surface area contributed by atoms with Gasteiger partial charge in [0.2, 0.25) is 0 Å². The molecule has 3 aromatic rings. The van der Waals surface area contributed by atoms with Crippen LogP contribution in [0.2, 0.25) is 0 Å². The molecule has 0 aliphatic carbocycles. The van der Waals surface area contributed by atoms with Crippen molar-refractivity contribution in [3.05, 3.63) is 72.2 Å². The van der Waals surface area contributed by atoms with Crippen molar-refractivity contribution in [2.75, 3.05) is 19.5 Å². The molecule has 138 valence electrons. The summed E-state index contributed by atoms with van der Waals surface area (Å²) in [7, 11) is 3.19. The number of methoxy groups -OCH3 is 2. The van der Waals surface area contributed by atoms with Gasteiger partial charge in [0.05, 0.1) is 25.5 Å². The molecule has 0 fully saturated rings. The first kappa shape index (κ1) is 18.2. The van der Waals surface area contributed by atoms with Gasteiger partial charge in [0.1, 0.15) is 17.3 Å². The van der Waals surface area contributed by atoms with Gasteiger partial charge in [-0.2, -0.15) is 0 Å². The summed E-state index contributed by atoms with van der Waals surface area (Å²) < 4.78 is 10.5. The van der Waals surface area contributed by atoms with Gasteiger partial charge in [-0.1, -0.05) is 6.07 Å². The van der Waals surface area contributed by atoms with E-state index in [4.69, 9.17) is 9.47 Å². The Hall–Kier alpha value is -3.61. The van der Waals surface area contributed by atoms with E-state index in [9.17, 15) is 4.79 Å². The highest BCUT2D eigenvalue weighted by atomic mass is 16.5. The van der Waals surface area contributed by atoms with E-state index in [1.807, 2.05) is 24.3 Å². The number of nitrogens with one attached hydrogen (secondary N) is 2. The summed E-state index contributed by atoms with van der Waals surface area (Å²) in [5.41, 5.74) is 2.16. The third-order valence-corrected chi connectivity index (χ3v) is 3.87. The number of anilines is 2. The monoisotopic (exact) mass is 364 g/mol. The number of amides is 1. The molecule has 0 radical (unpaired) electrons. The molecule has 27 heavy (non-hydrogen) atoms. The number of pyridine rings is 2. The van der Waals surface area contributed by atoms with E-state index in [0.717, 1.165) is 11.3 Å². The van der Waals surface area contributed by atoms with Crippen molar-refractivity contribution in [2.45, 2.75) is 6.54 Å². The van der Waals surface area contributed by atoms with Crippen LogP contribution in [0.25, 0.3) is 0 Å². The Kier molecular flexibility index (Phi) is 5.84. The van der Waals surface area contributed by atoms with E-state index in [2.05, 4.69) is 20.6 Å². The lowest BCUT2D eigenvalue weighted by molar-refractivity contribution is 0.0950. The van der Waals surface area contributed by atoms with Gasteiger partial charge < -0.3 is 20.1 Å². The Morgan fingerprint density at radius 2 is 1.96 bits per heavy atom. The maximum atomic E-state index is 12.2. The minimum Gasteiger partial charge on any atom is -0.497 e. The zero-order valence-electron chi connectivity index (χ0n) is 15.1. The number of hydrogen-bond acceptors (Lipinski definition) is 6. The first-order valence-electron chi connectivity index (χ1n) is 8.32. The Morgan fingerprint density at radius 1 is 1.07 bits per heavy atom. The molecule has 0 spiro atoms. The van der Waals surface area contributed by atoms with Crippen molar-refractivity contribution in [3.63, 3.8) is 0 Å². The summed E-state index contributed by atoms with van der Waals surface area (Å²) in [4.78, 5) is 20.6. The summed E-state index contributed by atoms with van der Waals surface area (Å²) in [5.74, 6) is 1.74. The number of nitrogens with zero attached hydrogens (tertiary/aromatic N) is 2. The first-order chi connectivity index (χ1) is 13.2. The lowest BCUT2D eigenvalue weighted by atomic mass is 10.2. The summed E-state index contributed by atoms with van der Waals surface area (Å²) in [5, 5.41) is 6.01. The van der Waals surface area contributed by atoms with E-state index in [1.165, 1.54) is 6.20 Å². The summed E-state index contributed by atoms with van der Waals surface area (Å²) in [6, 6.07) is 12.6. The third kappa shape index (κ3) is 4.72. The maximum Gasteiger partial charge on any atom is 0.253 e. The Morgan fingerprint density at radius 3 is 2.63 bits per heavy atom. The Labute approximate surface area is 157 Å².